The van der Waals surface area contributed by atoms with E-state index in [1.807, 2.05) is 41.5 Å². The highest BCUT2D eigenvalue weighted by Crippen LogP contribution is 2.28. The first-order chi connectivity index (χ1) is 25.2. The number of ether oxygens (including phenoxy) is 4. The van der Waals surface area contributed by atoms with Gasteiger partial charge in [0.2, 0.25) is 19.8 Å². The third kappa shape index (κ3) is 18.6. The number of carbonyl (C=O) groups is 5. The van der Waals surface area contributed by atoms with Crippen LogP contribution in [-0.2, 0) is 28.7 Å². The van der Waals surface area contributed by atoms with Gasteiger partial charge in [0.15, 0.2) is 13.2 Å². The first-order valence-electron chi connectivity index (χ1n) is 18.2. The number of rotatable bonds is 25. The molecule has 0 saturated heterocycles. The summed E-state index contributed by atoms with van der Waals surface area (Å²) in [6, 6.07) is 12.0. The van der Waals surface area contributed by atoms with E-state index in [9.17, 15) is 24.0 Å². The molecule has 53 heavy (non-hydrogen) atoms. The van der Waals surface area contributed by atoms with Crippen LogP contribution in [-0.4, -0.2) is 101 Å². The molecule has 2 rings (SSSR count). The van der Waals surface area contributed by atoms with E-state index in [2.05, 4.69) is 26.5 Å². The first-order valence-corrected chi connectivity index (χ1v) is 18.2. The number of hydrogen-bond donors (Lipinski definition) is 5. The van der Waals surface area contributed by atoms with Crippen molar-refractivity contribution in [2.75, 3.05) is 52.6 Å². The largest absolute Gasteiger partial charge is 0.484 e. The molecule has 0 heterocycles. The second-order valence-corrected chi connectivity index (χ2v) is 13.6. The monoisotopic (exact) mass is 739 g/mol. The Bertz CT molecular complexity index is 1480. The predicted molar refractivity (Wildman–Crippen MR) is 205 cm³/mol. The van der Waals surface area contributed by atoms with Crippen LogP contribution in [0.1, 0.15) is 84.0 Å². The van der Waals surface area contributed by atoms with Crippen molar-refractivity contribution in [1.29, 1.82) is 0 Å². The van der Waals surface area contributed by atoms with Gasteiger partial charge in [-0.3, -0.25) is 24.0 Å². The number of hydrogen-bond acceptors (Lipinski definition) is 9. The van der Waals surface area contributed by atoms with E-state index in [0.717, 1.165) is 5.56 Å². The lowest BCUT2D eigenvalue weighted by molar-refractivity contribution is -0.124. The summed E-state index contributed by atoms with van der Waals surface area (Å²) in [7, 11) is 1.55. The van der Waals surface area contributed by atoms with Crippen molar-refractivity contribution >= 4 is 37.5 Å². The molecule has 5 N–H and O–H groups in total. The number of carbonyl (C=O) groups excluding carboxylic acids is 5. The number of benzene rings is 2. The lowest BCUT2D eigenvalue weighted by Gasteiger charge is -2.24. The highest BCUT2D eigenvalue weighted by molar-refractivity contribution is 6.14. The van der Waals surface area contributed by atoms with Gasteiger partial charge in [-0.15, -0.1) is 0 Å². The van der Waals surface area contributed by atoms with Crippen molar-refractivity contribution in [1.82, 2.24) is 26.5 Å². The minimum atomic E-state index is -0.399. The molecular formula is C38H58BN5O9. The maximum absolute atomic E-state index is 13.2. The van der Waals surface area contributed by atoms with Gasteiger partial charge in [-0.2, -0.15) is 0 Å². The lowest BCUT2D eigenvalue weighted by atomic mass is 10.0. The summed E-state index contributed by atoms with van der Waals surface area (Å²) in [6.07, 6.45) is 2.18. The zero-order valence-electron chi connectivity index (χ0n) is 32.4. The summed E-state index contributed by atoms with van der Waals surface area (Å²) in [5, 5.41) is 13.7. The quantitative estimate of drug-likeness (QED) is 0.0755. The summed E-state index contributed by atoms with van der Waals surface area (Å²) in [4.78, 5) is 61.6. The van der Waals surface area contributed by atoms with E-state index in [4.69, 9.17) is 18.9 Å². The van der Waals surface area contributed by atoms with E-state index >= 15 is 0 Å². The third-order valence-electron chi connectivity index (χ3n) is 8.08. The Hall–Kier alpha value is -4.63. The van der Waals surface area contributed by atoms with Gasteiger partial charge in [0, 0.05) is 57.8 Å². The molecule has 0 radical (unpaired) electrons. The van der Waals surface area contributed by atoms with Gasteiger partial charge < -0.3 is 45.4 Å². The molecule has 2 aromatic rings. The topological polar surface area (TPSA) is 182 Å². The first kappa shape index (κ1) is 44.5. The van der Waals surface area contributed by atoms with E-state index < -0.39 is 5.91 Å². The van der Waals surface area contributed by atoms with Crippen LogP contribution in [0.2, 0.25) is 0 Å². The van der Waals surface area contributed by atoms with Crippen LogP contribution >= 0.6 is 0 Å². The molecule has 5 amide bonds. The van der Waals surface area contributed by atoms with Crippen molar-refractivity contribution in [3.63, 3.8) is 0 Å². The summed E-state index contributed by atoms with van der Waals surface area (Å²) < 4.78 is 22.9. The maximum atomic E-state index is 13.2. The van der Waals surface area contributed by atoms with Gasteiger partial charge in [-0.25, -0.2) is 0 Å². The average Bonchev–Trinajstić information content (AvgIpc) is 3.11. The van der Waals surface area contributed by atoms with Crippen molar-refractivity contribution in [2.45, 2.75) is 84.8 Å². The zero-order valence-corrected chi connectivity index (χ0v) is 32.4. The fourth-order valence-corrected chi connectivity index (χ4v) is 5.16. The van der Waals surface area contributed by atoms with Gasteiger partial charge in [0.05, 0.1) is 11.2 Å². The molecule has 14 nitrogen and oxygen atoms in total. The SMILES string of the molecule is BNC(=O)CCCC(=O)NCCNC(=O)c1cc(OCC(=O)NCCC(C)(C)OCC)cc(-c2ccc(OCC(=O)NCCC(C)(C)OCC)cc2)c1. The van der Waals surface area contributed by atoms with Gasteiger partial charge in [0.1, 0.15) is 11.5 Å². The van der Waals surface area contributed by atoms with Gasteiger partial charge in [0.25, 0.3) is 17.7 Å². The second-order valence-electron chi connectivity index (χ2n) is 13.6. The van der Waals surface area contributed by atoms with Crippen LogP contribution in [0.5, 0.6) is 11.5 Å². The predicted octanol–water partition coefficient (Wildman–Crippen LogP) is 2.43. The summed E-state index contributed by atoms with van der Waals surface area (Å²) in [5.41, 5.74) is 0.979. The number of amides is 5. The smallest absolute Gasteiger partial charge is 0.257 e. The van der Waals surface area contributed by atoms with Crippen molar-refractivity contribution < 1.29 is 42.9 Å². The van der Waals surface area contributed by atoms with E-state index in [0.29, 0.717) is 62.6 Å². The third-order valence-corrected chi connectivity index (χ3v) is 8.08. The fourth-order valence-electron chi connectivity index (χ4n) is 5.16. The molecule has 0 unspecified atom stereocenters. The highest BCUT2D eigenvalue weighted by Gasteiger charge is 2.19. The average molecular weight is 740 g/mol. The molecule has 0 aliphatic carbocycles. The van der Waals surface area contributed by atoms with Crippen LogP contribution < -0.4 is 36.0 Å². The minimum Gasteiger partial charge on any atom is -0.484 e. The highest BCUT2D eigenvalue weighted by atomic mass is 16.5. The minimum absolute atomic E-state index is 0.129. The Morgan fingerprint density at radius 3 is 1.66 bits per heavy atom. The van der Waals surface area contributed by atoms with Crippen LogP contribution in [0.4, 0.5) is 0 Å². The van der Waals surface area contributed by atoms with Gasteiger partial charge in [-0.05, 0) is 102 Å². The standard InChI is InChI=1S/C38H58BN5O9/c1-7-52-37(3,4)16-18-40-34(47)25-50-30-14-12-27(13-15-30)28-22-29(36(49)43-21-20-42-32(45)10-9-11-33(46)44-39)24-31(23-28)51-26-35(48)41-19-17-38(5,6)53-8-2/h12-15,22-24H,7-11,16-21,25-26,39H2,1-6H3,(H,40,47)(H,41,48)(H,42,45)(H,43,49)(H,44,46). The molecule has 0 aromatic heterocycles. The molecule has 0 saturated carbocycles. The van der Waals surface area contributed by atoms with Crippen LogP contribution in [0.25, 0.3) is 11.1 Å². The van der Waals surface area contributed by atoms with Gasteiger partial charge in [-0.1, -0.05) is 12.1 Å². The summed E-state index contributed by atoms with van der Waals surface area (Å²) in [6.45, 7) is 13.8. The number of nitrogens with one attached hydrogen (secondary N) is 5. The molecule has 0 bridgehead atoms. The summed E-state index contributed by atoms with van der Waals surface area (Å²) in [5.74, 6) is -0.502. The maximum Gasteiger partial charge on any atom is 0.257 e. The van der Waals surface area contributed by atoms with Gasteiger partial charge >= 0.3 is 0 Å². The van der Waals surface area contributed by atoms with Crippen molar-refractivity contribution in [3.05, 3.63) is 48.0 Å². The lowest BCUT2D eigenvalue weighted by Crippen LogP contribution is -2.35. The Morgan fingerprint density at radius 2 is 1.11 bits per heavy atom. The molecule has 0 fully saturated rings. The molecular weight excluding hydrogens is 681 g/mol. The Morgan fingerprint density at radius 1 is 0.604 bits per heavy atom. The molecule has 0 aliphatic rings. The molecule has 292 valence electrons. The fraction of sp³-hybridized carbons (Fsp3) is 0.553. The summed E-state index contributed by atoms with van der Waals surface area (Å²) >= 11 is 0. The van der Waals surface area contributed by atoms with Crippen LogP contribution in [0, 0.1) is 0 Å². The molecule has 0 atom stereocenters. The second kappa shape index (κ2) is 23.1. The van der Waals surface area contributed by atoms with Crippen molar-refractivity contribution in [3.8, 4) is 22.6 Å². The molecule has 0 spiro atoms. The Labute approximate surface area is 314 Å². The Balaban J connectivity index is 2.06. The van der Waals surface area contributed by atoms with Crippen LogP contribution in [0.3, 0.4) is 0 Å². The molecule has 2 aromatic carbocycles. The molecule has 0 aliphatic heterocycles. The van der Waals surface area contributed by atoms with E-state index in [1.165, 1.54) is 0 Å². The molecule has 15 heteroatoms. The van der Waals surface area contributed by atoms with Crippen LogP contribution in [0.15, 0.2) is 42.5 Å². The van der Waals surface area contributed by atoms with Crippen molar-refractivity contribution in [2.24, 2.45) is 0 Å². The Kier molecular flexibility index (Phi) is 19.4. The zero-order chi connectivity index (χ0) is 39.3. The normalized spacial score (nSPS) is 11.3. The van der Waals surface area contributed by atoms with E-state index in [1.54, 1.807) is 50.4 Å². The van der Waals surface area contributed by atoms with E-state index in [-0.39, 0.29) is 79.5 Å².